The van der Waals surface area contributed by atoms with Crippen LogP contribution < -0.4 is 0 Å². The van der Waals surface area contributed by atoms with Crippen LogP contribution in [-0.2, 0) is 6.54 Å². The summed E-state index contributed by atoms with van der Waals surface area (Å²) in [6.45, 7) is 7.37. The molecule has 0 saturated carbocycles. The predicted molar refractivity (Wildman–Crippen MR) is 69.6 cm³/mol. The van der Waals surface area contributed by atoms with Crippen LogP contribution in [0.4, 0.5) is 0 Å². The minimum atomic E-state index is 0.447. The summed E-state index contributed by atoms with van der Waals surface area (Å²) in [6.07, 6.45) is 1.27. The van der Waals surface area contributed by atoms with Crippen LogP contribution in [0.15, 0.2) is 16.6 Å². The summed E-state index contributed by atoms with van der Waals surface area (Å²) in [4.78, 5) is 2.41. The summed E-state index contributed by atoms with van der Waals surface area (Å²) in [5.41, 5.74) is 1.97. The molecule has 0 aromatic heterocycles. The molecule has 2 rings (SSSR count). The number of hydrogen-bond acceptors (Lipinski definition) is 2. The Hall–Kier alpha value is -0.540. The quantitative estimate of drug-likeness (QED) is 0.900. The zero-order valence-corrected chi connectivity index (χ0v) is 11.4. The number of nitrogens with zero attached hydrogens (tertiary/aromatic N) is 1. The highest BCUT2D eigenvalue weighted by atomic mass is 79.9. The molecular weight excluding hydrogens is 266 g/mol. The van der Waals surface area contributed by atoms with E-state index in [0.717, 1.165) is 41.2 Å². The van der Waals surface area contributed by atoms with Gasteiger partial charge in [0.2, 0.25) is 0 Å². The molecule has 1 aliphatic rings. The Balaban J connectivity index is 2.15. The van der Waals surface area contributed by atoms with Gasteiger partial charge in [-0.05, 0) is 43.5 Å². The molecule has 1 heterocycles. The zero-order chi connectivity index (χ0) is 11.7. The summed E-state index contributed by atoms with van der Waals surface area (Å²) in [7, 11) is 0. The Morgan fingerprint density at radius 3 is 2.88 bits per heavy atom. The molecule has 1 fully saturated rings. The summed E-state index contributed by atoms with van der Waals surface area (Å²) in [5.74, 6) is 1.23. The predicted octanol–water partition coefficient (Wildman–Crippen LogP) is 3.30. The number of hydrogen-bond donors (Lipinski definition) is 1. The molecular formula is C13H18BrNO. The minimum absolute atomic E-state index is 0.447. The van der Waals surface area contributed by atoms with Crippen LogP contribution in [0.2, 0.25) is 0 Å². The van der Waals surface area contributed by atoms with Crippen LogP contribution in [0.25, 0.3) is 0 Å². The molecule has 1 aromatic carbocycles. The third-order valence-electron chi connectivity index (χ3n) is 3.25. The van der Waals surface area contributed by atoms with Crippen molar-refractivity contribution in [3.05, 3.63) is 27.7 Å². The molecule has 0 radical (unpaired) electrons. The van der Waals surface area contributed by atoms with Gasteiger partial charge in [0.25, 0.3) is 0 Å². The fourth-order valence-corrected chi connectivity index (χ4v) is 2.96. The second-order valence-electron chi connectivity index (χ2n) is 4.86. The molecule has 1 aromatic rings. The minimum Gasteiger partial charge on any atom is -0.507 e. The molecule has 16 heavy (non-hydrogen) atoms. The molecule has 0 bridgehead atoms. The average molecular weight is 284 g/mol. The molecule has 0 aliphatic carbocycles. The van der Waals surface area contributed by atoms with Crippen LogP contribution >= 0.6 is 15.9 Å². The van der Waals surface area contributed by atoms with Gasteiger partial charge in [0, 0.05) is 23.1 Å². The van der Waals surface area contributed by atoms with Gasteiger partial charge in [0.15, 0.2) is 0 Å². The van der Waals surface area contributed by atoms with E-state index in [1.54, 1.807) is 0 Å². The zero-order valence-electron chi connectivity index (χ0n) is 9.83. The topological polar surface area (TPSA) is 23.5 Å². The van der Waals surface area contributed by atoms with Gasteiger partial charge in [-0.15, -0.1) is 0 Å². The van der Waals surface area contributed by atoms with Crippen LogP contribution in [0.3, 0.4) is 0 Å². The van der Waals surface area contributed by atoms with Crippen molar-refractivity contribution in [2.45, 2.75) is 26.8 Å². The highest BCUT2D eigenvalue weighted by molar-refractivity contribution is 9.10. The first-order valence-electron chi connectivity index (χ1n) is 5.76. The van der Waals surface area contributed by atoms with Crippen molar-refractivity contribution >= 4 is 15.9 Å². The Morgan fingerprint density at radius 2 is 2.25 bits per heavy atom. The molecule has 0 spiro atoms. The van der Waals surface area contributed by atoms with Gasteiger partial charge < -0.3 is 5.11 Å². The van der Waals surface area contributed by atoms with Crippen molar-refractivity contribution in [3.63, 3.8) is 0 Å². The maximum atomic E-state index is 10.0. The Labute approximate surface area is 105 Å². The molecule has 3 heteroatoms. The number of aryl methyl sites for hydroxylation is 1. The fraction of sp³-hybridized carbons (Fsp3) is 0.538. The Morgan fingerprint density at radius 1 is 1.50 bits per heavy atom. The van der Waals surface area contributed by atoms with Gasteiger partial charge in [0.1, 0.15) is 5.75 Å². The van der Waals surface area contributed by atoms with Gasteiger partial charge in [0.05, 0.1) is 0 Å². The summed E-state index contributed by atoms with van der Waals surface area (Å²) >= 11 is 3.48. The molecule has 1 saturated heterocycles. The van der Waals surface area contributed by atoms with E-state index in [1.165, 1.54) is 6.42 Å². The van der Waals surface area contributed by atoms with Crippen molar-refractivity contribution in [1.29, 1.82) is 0 Å². The summed E-state index contributed by atoms with van der Waals surface area (Å²) in [6, 6.07) is 3.97. The van der Waals surface area contributed by atoms with E-state index in [1.807, 2.05) is 19.1 Å². The van der Waals surface area contributed by atoms with Crippen molar-refractivity contribution in [2.24, 2.45) is 5.92 Å². The lowest BCUT2D eigenvalue weighted by molar-refractivity contribution is 0.313. The average Bonchev–Trinajstić information content (AvgIpc) is 2.60. The first-order valence-corrected chi connectivity index (χ1v) is 6.56. The number of likely N-dealkylation sites (tertiary alicyclic amines) is 1. The van der Waals surface area contributed by atoms with E-state index in [2.05, 4.69) is 27.8 Å². The van der Waals surface area contributed by atoms with Crippen LogP contribution in [-0.4, -0.2) is 23.1 Å². The van der Waals surface area contributed by atoms with Gasteiger partial charge in [-0.2, -0.15) is 0 Å². The van der Waals surface area contributed by atoms with E-state index in [9.17, 15) is 5.11 Å². The van der Waals surface area contributed by atoms with E-state index >= 15 is 0 Å². The maximum absolute atomic E-state index is 10.0. The number of phenols is 1. The number of phenolic OH excluding ortho intramolecular Hbond substituents is 1. The van der Waals surface area contributed by atoms with E-state index in [-0.39, 0.29) is 0 Å². The van der Waals surface area contributed by atoms with Gasteiger partial charge >= 0.3 is 0 Å². The van der Waals surface area contributed by atoms with E-state index in [0.29, 0.717) is 5.75 Å². The highest BCUT2D eigenvalue weighted by Crippen LogP contribution is 2.29. The number of aromatic hydroxyl groups is 1. The molecule has 1 aliphatic heterocycles. The lowest BCUT2D eigenvalue weighted by Crippen LogP contribution is -2.19. The van der Waals surface area contributed by atoms with Crippen LogP contribution in [0.5, 0.6) is 5.75 Å². The third-order valence-corrected chi connectivity index (χ3v) is 3.70. The van der Waals surface area contributed by atoms with Crippen molar-refractivity contribution in [3.8, 4) is 5.75 Å². The molecule has 2 nitrogen and oxygen atoms in total. The van der Waals surface area contributed by atoms with Crippen molar-refractivity contribution in [1.82, 2.24) is 4.90 Å². The third kappa shape index (κ3) is 2.58. The second-order valence-corrected chi connectivity index (χ2v) is 5.78. The van der Waals surface area contributed by atoms with Gasteiger partial charge in [-0.1, -0.05) is 22.9 Å². The highest BCUT2D eigenvalue weighted by Gasteiger charge is 2.20. The lowest BCUT2D eigenvalue weighted by atomic mass is 10.1. The molecule has 1 atom stereocenters. The summed E-state index contributed by atoms with van der Waals surface area (Å²) in [5, 5.41) is 10.0. The Kier molecular flexibility index (Phi) is 3.55. The van der Waals surface area contributed by atoms with Gasteiger partial charge in [-0.3, -0.25) is 4.90 Å². The maximum Gasteiger partial charge on any atom is 0.123 e. The number of halogens is 1. The Bertz CT molecular complexity index is 392. The lowest BCUT2D eigenvalue weighted by Gasteiger charge is -2.17. The number of benzene rings is 1. The SMILES string of the molecule is Cc1cc(Br)cc(CN2CCC(C)C2)c1O. The molecule has 1 unspecified atom stereocenters. The summed E-state index contributed by atoms with van der Waals surface area (Å²) < 4.78 is 1.05. The molecule has 88 valence electrons. The van der Waals surface area contributed by atoms with Crippen molar-refractivity contribution < 1.29 is 5.11 Å². The first-order chi connectivity index (χ1) is 7.56. The van der Waals surface area contributed by atoms with Crippen LogP contribution in [0.1, 0.15) is 24.5 Å². The largest absolute Gasteiger partial charge is 0.507 e. The first kappa shape index (κ1) is 11.9. The van der Waals surface area contributed by atoms with E-state index in [4.69, 9.17) is 0 Å². The smallest absolute Gasteiger partial charge is 0.123 e. The normalized spacial score (nSPS) is 21.6. The standard InChI is InChI=1S/C13H18BrNO/c1-9-3-4-15(7-9)8-11-6-12(14)5-10(2)13(11)16/h5-6,9,16H,3-4,7-8H2,1-2H3. The second kappa shape index (κ2) is 4.76. The molecule has 1 N–H and O–H groups in total. The van der Waals surface area contributed by atoms with Crippen LogP contribution in [0, 0.1) is 12.8 Å². The van der Waals surface area contributed by atoms with E-state index < -0.39 is 0 Å². The monoisotopic (exact) mass is 283 g/mol. The van der Waals surface area contributed by atoms with Crippen molar-refractivity contribution in [2.75, 3.05) is 13.1 Å². The van der Waals surface area contributed by atoms with Gasteiger partial charge in [-0.25, -0.2) is 0 Å². The molecule has 0 amide bonds. The number of rotatable bonds is 2. The fourth-order valence-electron chi connectivity index (χ4n) is 2.34.